The highest BCUT2D eigenvalue weighted by molar-refractivity contribution is 7.16. The second-order valence-corrected chi connectivity index (χ2v) is 7.38. The van der Waals surface area contributed by atoms with Crippen molar-refractivity contribution in [1.82, 2.24) is 20.1 Å². The van der Waals surface area contributed by atoms with E-state index >= 15 is 0 Å². The molecule has 2 N–H and O–H groups in total. The fourth-order valence-corrected chi connectivity index (χ4v) is 3.61. The monoisotopic (exact) mass is 362 g/mol. The van der Waals surface area contributed by atoms with Crippen molar-refractivity contribution in [2.45, 2.75) is 18.6 Å². The van der Waals surface area contributed by atoms with Crippen molar-refractivity contribution in [2.75, 3.05) is 33.7 Å². The van der Waals surface area contributed by atoms with E-state index in [1.165, 1.54) is 16.2 Å². The van der Waals surface area contributed by atoms with Crippen LogP contribution in [0.1, 0.15) is 16.8 Å². The molecule has 1 aliphatic rings. The van der Waals surface area contributed by atoms with Crippen LogP contribution in [-0.4, -0.2) is 77.6 Å². The summed E-state index contributed by atoms with van der Waals surface area (Å²) in [5.41, 5.74) is 3.19. The molecule has 2 amide bonds. The highest BCUT2D eigenvalue weighted by atomic mass is 32.1. The summed E-state index contributed by atoms with van der Waals surface area (Å²) in [5.74, 6) is -0.190. The quantitative estimate of drug-likeness (QED) is 0.830. The van der Waals surface area contributed by atoms with E-state index in [1.54, 1.807) is 25.7 Å². The summed E-state index contributed by atoms with van der Waals surface area (Å²) in [6.07, 6.45) is -0.0871. The van der Waals surface area contributed by atoms with Gasteiger partial charge in [0.15, 0.2) is 0 Å². The Balaban J connectivity index is 1.58. The van der Waals surface area contributed by atoms with Crippen LogP contribution in [0.15, 0.2) is 23.7 Å². The summed E-state index contributed by atoms with van der Waals surface area (Å²) < 4.78 is 0.963. The maximum absolute atomic E-state index is 12.5. The number of piperidine rings is 1. The zero-order chi connectivity index (χ0) is 18.0. The topological polar surface area (TPSA) is 85.8 Å². The molecule has 0 saturated carbocycles. The summed E-state index contributed by atoms with van der Waals surface area (Å²) in [7, 11) is 3.43. The number of aliphatic hydroxyl groups is 1. The molecule has 1 saturated heterocycles. The smallest absolute Gasteiger partial charge is 0.251 e. The van der Waals surface area contributed by atoms with E-state index in [0.717, 1.165) is 10.2 Å². The number of nitrogens with one attached hydrogen (secondary N) is 1. The van der Waals surface area contributed by atoms with Crippen molar-refractivity contribution >= 4 is 33.4 Å². The molecule has 1 aromatic carbocycles. The first-order chi connectivity index (χ1) is 11.9. The number of hydrogen-bond donors (Lipinski definition) is 2. The molecule has 2 heterocycles. The number of fused-ring (bicyclic) bond motifs is 1. The molecule has 2 aromatic rings. The third kappa shape index (κ3) is 4.15. The van der Waals surface area contributed by atoms with E-state index in [2.05, 4.69) is 10.3 Å². The minimum atomic E-state index is -0.695. The number of carbonyl (C=O) groups is 2. The van der Waals surface area contributed by atoms with Crippen molar-refractivity contribution in [2.24, 2.45) is 0 Å². The number of carbonyl (C=O) groups excluding carboxylic acids is 2. The average molecular weight is 362 g/mol. The number of amides is 2. The van der Waals surface area contributed by atoms with Crippen LogP contribution in [0.4, 0.5) is 0 Å². The van der Waals surface area contributed by atoms with Gasteiger partial charge in [-0.15, -0.1) is 11.3 Å². The third-order valence-electron chi connectivity index (χ3n) is 4.43. The van der Waals surface area contributed by atoms with Crippen molar-refractivity contribution < 1.29 is 14.7 Å². The second-order valence-electron chi connectivity index (χ2n) is 6.49. The van der Waals surface area contributed by atoms with Gasteiger partial charge in [-0.05, 0) is 24.6 Å². The Kier molecular flexibility index (Phi) is 5.31. The van der Waals surface area contributed by atoms with Gasteiger partial charge < -0.3 is 15.3 Å². The molecule has 1 aliphatic heterocycles. The first kappa shape index (κ1) is 17.8. The minimum Gasteiger partial charge on any atom is -0.390 e. The summed E-state index contributed by atoms with van der Waals surface area (Å²) in [6, 6.07) is 5.08. The van der Waals surface area contributed by atoms with E-state index in [4.69, 9.17) is 0 Å². The summed E-state index contributed by atoms with van der Waals surface area (Å²) in [4.78, 5) is 31.9. The summed E-state index contributed by atoms with van der Waals surface area (Å²) in [6.45, 7) is 1.32. The molecular weight excluding hydrogens is 340 g/mol. The van der Waals surface area contributed by atoms with Crippen LogP contribution in [0.2, 0.25) is 0 Å². The van der Waals surface area contributed by atoms with Crippen molar-refractivity contribution in [1.29, 1.82) is 0 Å². The van der Waals surface area contributed by atoms with Gasteiger partial charge in [-0.3, -0.25) is 14.5 Å². The number of aliphatic hydroxyl groups excluding tert-OH is 1. The van der Waals surface area contributed by atoms with Crippen LogP contribution in [0.3, 0.4) is 0 Å². The van der Waals surface area contributed by atoms with Gasteiger partial charge in [0, 0.05) is 32.7 Å². The number of benzene rings is 1. The van der Waals surface area contributed by atoms with E-state index in [1.807, 2.05) is 17.0 Å². The second kappa shape index (κ2) is 7.47. The summed E-state index contributed by atoms with van der Waals surface area (Å²) in [5, 5.41) is 13.2. The van der Waals surface area contributed by atoms with Crippen molar-refractivity contribution in [3.63, 3.8) is 0 Å². The third-order valence-corrected chi connectivity index (χ3v) is 5.23. The molecule has 8 heteroatoms. The first-order valence-electron chi connectivity index (χ1n) is 8.18. The Morgan fingerprint density at radius 3 is 2.96 bits per heavy atom. The molecule has 134 valence electrons. The maximum atomic E-state index is 12.5. The van der Waals surface area contributed by atoms with Gasteiger partial charge in [0.1, 0.15) is 0 Å². The molecular formula is C17H22N4O3S. The Labute approximate surface area is 150 Å². The molecule has 0 spiro atoms. The van der Waals surface area contributed by atoms with E-state index in [-0.39, 0.29) is 24.4 Å². The maximum Gasteiger partial charge on any atom is 0.251 e. The van der Waals surface area contributed by atoms with Crippen LogP contribution in [0, 0.1) is 0 Å². The van der Waals surface area contributed by atoms with Crippen LogP contribution in [0.25, 0.3) is 10.2 Å². The van der Waals surface area contributed by atoms with Gasteiger partial charge in [-0.1, -0.05) is 0 Å². The molecule has 0 aliphatic carbocycles. The fourth-order valence-electron chi connectivity index (χ4n) is 2.89. The van der Waals surface area contributed by atoms with E-state index < -0.39 is 6.10 Å². The van der Waals surface area contributed by atoms with Gasteiger partial charge in [-0.2, -0.15) is 0 Å². The minimum absolute atomic E-state index is 0.00699. The van der Waals surface area contributed by atoms with Gasteiger partial charge in [0.25, 0.3) is 5.91 Å². The van der Waals surface area contributed by atoms with Crippen molar-refractivity contribution in [3.8, 4) is 0 Å². The number of likely N-dealkylation sites (N-methyl/N-ethyl adjacent to an activating group) is 1. The van der Waals surface area contributed by atoms with E-state index in [9.17, 15) is 14.7 Å². The fraction of sp³-hybridized carbons (Fsp3) is 0.471. The molecule has 1 aromatic heterocycles. The number of nitrogens with zero attached hydrogens (tertiary/aromatic N) is 3. The average Bonchev–Trinajstić information content (AvgIpc) is 3.04. The predicted molar refractivity (Wildman–Crippen MR) is 96.6 cm³/mol. The highest BCUT2D eigenvalue weighted by Crippen LogP contribution is 2.19. The molecule has 25 heavy (non-hydrogen) atoms. The molecule has 0 bridgehead atoms. The molecule has 3 rings (SSSR count). The molecule has 0 radical (unpaired) electrons. The summed E-state index contributed by atoms with van der Waals surface area (Å²) >= 11 is 1.49. The Morgan fingerprint density at radius 1 is 1.44 bits per heavy atom. The molecule has 0 unspecified atom stereocenters. The number of aromatic nitrogens is 1. The van der Waals surface area contributed by atoms with Crippen LogP contribution in [-0.2, 0) is 4.79 Å². The number of β-amino-alcohol motifs (C(OH)–C–C–N with tert-alkyl or cyclic N) is 1. The zero-order valence-corrected chi connectivity index (χ0v) is 15.1. The zero-order valence-electron chi connectivity index (χ0n) is 14.3. The lowest BCUT2D eigenvalue weighted by molar-refractivity contribution is -0.130. The normalized spacial score (nSPS) is 21.2. The van der Waals surface area contributed by atoms with Gasteiger partial charge in [0.05, 0.1) is 34.4 Å². The lowest BCUT2D eigenvalue weighted by atomic mass is 10.0. The standard InChI is InChI=1S/C17H22N4O3S/c1-20(2)16(23)9-21-6-5-12(14(22)8-21)19-17(24)11-3-4-13-15(7-11)25-10-18-13/h3-4,7,10,12,14,22H,5-6,8-9H2,1-2H3,(H,19,24)/t12-,14-/m1/s1. The Hall–Kier alpha value is -2.03. The van der Waals surface area contributed by atoms with Gasteiger partial charge in [0.2, 0.25) is 5.91 Å². The lowest BCUT2D eigenvalue weighted by Gasteiger charge is -2.36. The molecule has 2 atom stereocenters. The number of hydrogen-bond acceptors (Lipinski definition) is 6. The lowest BCUT2D eigenvalue weighted by Crippen LogP contribution is -2.55. The molecule has 7 nitrogen and oxygen atoms in total. The molecule has 1 fully saturated rings. The largest absolute Gasteiger partial charge is 0.390 e. The Morgan fingerprint density at radius 2 is 2.24 bits per heavy atom. The SMILES string of the molecule is CN(C)C(=O)CN1CC[C@@H](NC(=O)c2ccc3ncsc3c2)[C@H](O)C1. The Bertz CT molecular complexity index is 776. The highest BCUT2D eigenvalue weighted by Gasteiger charge is 2.30. The van der Waals surface area contributed by atoms with Gasteiger partial charge in [-0.25, -0.2) is 4.98 Å². The predicted octanol–water partition coefficient (Wildman–Crippen LogP) is 0.550. The van der Waals surface area contributed by atoms with Crippen molar-refractivity contribution in [3.05, 3.63) is 29.3 Å². The van der Waals surface area contributed by atoms with Crippen LogP contribution >= 0.6 is 11.3 Å². The number of likely N-dealkylation sites (tertiary alicyclic amines) is 1. The van der Waals surface area contributed by atoms with Crippen LogP contribution in [0.5, 0.6) is 0 Å². The first-order valence-corrected chi connectivity index (χ1v) is 9.06. The van der Waals surface area contributed by atoms with Gasteiger partial charge >= 0.3 is 0 Å². The van der Waals surface area contributed by atoms with E-state index in [0.29, 0.717) is 25.1 Å². The van der Waals surface area contributed by atoms with Crippen LogP contribution < -0.4 is 5.32 Å². The number of thiazole rings is 1. The number of rotatable bonds is 4.